The number of carbonyl (C=O) groups is 2. The van der Waals surface area contributed by atoms with Crippen molar-refractivity contribution in [2.75, 3.05) is 20.1 Å². The van der Waals surface area contributed by atoms with Gasteiger partial charge in [0.25, 0.3) is 5.91 Å². The number of halogens is 3. The smallest absolute Gasteiger partial charge is 0.389 e. The monoisotopic (exact) mass is 332 g/mol. The summed E-state index contributed by atoms with van der Waals surface area (Å²) in [5, 5.41) is 11.9. The van der Waals surface area contributed by atoms with Crippen LogP contribution < -0.4 is 5.32 Å². The molecule has 2 N–H and O–H groups in total. The second-order valence-corrected chi connectivity index (χ2v) is 5.82. The third-order valence-corrected chi connectivity index (χ3v) is 2.92. The molecule has 1 aromatic carbocycles. The van der Waals surface area contributed by atoms with Crippen LogP contribution >= 0.6 is 0 Å². The third-order valence-electron chi connectivity index (χ3n) is 2.92. The van der Waals surface area contributed by atoms with E-state index in [-0.39, 0.29) is 18.7 Å². The Morgan fingerprint density at radius 1 is 1.17 bits per heavy atom. The second-order valence-electron chi connectivity index (χ2n) is 5.82. The number of benzene rings is 1. The molecule has 0 heterocycles. The van der Waals surface area contributed by atoms with E-state index in [0.29, 0.717) is 0 Å². The first-order chi connectivity index (χ1) is 10.4. The molecule has 0 aromatic heterocycles. The minimum absolute atomic E-state index is 0.0240. The van der Waals surface area contributed by atoms with Crippen LogP contribution in [0.1, 0.15) is 29.8 Å². The number of amides is 2. The van der Waals surface area contributed by atoms with Crippen molar-refractivity contribution in [1.29, 1.82) is 0 Å². The van der Waals surface area contributed by atoms with E-state index in [4.69, 9.17) is 0 Å². The van der Waals surface area contributed by atoms with Crippen LogP contribution in [0.4, 0.5) is 13.2 Å². The fourth-order valence-corrected chi connectivity index (χ4v) is 1.87. The van der Waals surface area contributed by atoms with Crippen LogP contribution in [0.3, 0.4) is 0 Å². The van der Waals surface area contributed by atoms with Crippen LogP contribution in [0.25, 0.3) is 0 Å². The highest BCUT2D eigenvalue weighted by Gasteiger charge is 2.30. The largest absolute Gasteiger partial charge is 0.416 e. The maximum atomic E-state index is 12.4. The van der Waals surface area contributed by atoms with Gasteiger partial charge in [0.15, 0.2) is 0 Å². The molecule has 23 heavy (non-hydrogen) atoms. The Kier molecular flexibility index (Phi) is 5.76. The van der Waals surface area contributed by atoms with E-state index < -0.39 is 29.2 Å². The van der Waals surface area contributed by atoms with Gasteiger partial charge in [-0.25, -0.2) is 0 Å². The number of nitrogens with zero attached hydrogens (tertiary/aromatic N) is 1. The van der Waals surface area contributed by atoms with Gasteiger partial charge in [0.05, 0.1) is 17.7 Å². The van der Waals surface area contributed by atoms with E-state index in [0.717, 1.165) is 24.3 Å². The molecule has 2 amide bonds. The molecule has 0 aliphatic rings. The van der Waals surface area contributed by atoms with Crippen molar-refractivity contribution in [3.05, 3.63) is 35.4 Å². The summed E-state index contributed by atoms with van der Waals surface area (Å²) in [5.41, 5.74) is -1.90. The molecule has 0 unspecified atom stereocenters. The van der Waals surface area contributed by atoms with E-state index in [1.807, 2.05) is 0 Å². The predicted octanol–water partition coefficient (Wildman–Crippen LogP) is 1.66. The Hall–Kier alpha value is -2.09. The average Bonchev–Trinajstić information content (AvgIpc) is 2.41. The number of alkyl halides is 3. The number of nitrogens with one attached hydrogen (secondary N) is 1. The predicted molar refractivity (Wildman–Crippen MR) is 77.7 cm³/mol. The first-order valence-electron chi connectivity index (χ1n) is 6.82. The van der Waals surface area contributed by atoms with Crippen molar-refractivity contribution < 1.29 is 27.9 Å². The number of hydrogen-bond donors (Lipinski definition) is 2. The maximum absolute atomic E-state index is 12.4. The highest BCUT2D eigenvalue weighted by atomic mass is 19.4. The molecular weight excluding hydrogens is 313 g/mol. The lowest BCUT2D eigenvalue weighted by Crippen LogP contribution is -2.44. The maximum Gasteiger partial charge on any atom is 0.416 e. The van der Waals surface area contributed by atoms with Gasteiger partial charge < -0.3 is 15.3 Å². The highest BCUT2D eigenvalue weighted by Crippen LogP contribution is 2.29. The summed E-state index contributed by atoms with van der Waals surface area (Å²) in [6.07, 6.45) is -4.47. The Morgan fingerprint density at radius 3 is 2.13 bits per heavy atom. The summed E-state index contributed by atoms with van der Waals surface area (Å²) in [7, 11) is 1.48. The average molecular weight is 332 g/mol. The van der Waals surface area contributed by atoms with Gasteiger partial charge in [-0.05, 0) is 38.1 Å². The van der Waals surface area contributed by atoms with E-state index >= 15 is 0 Å². The van der Waals surface area contributed by atoms with Crippen LogP contribution in [0, 0.1) is 0 Å². The zero-order valence-electron chi connectivity index (χ0n) is 13.1. The Balaban J connectivity index is 2.58. The van der Waals surface area contributed by atoms with Crippen LogP contribution in [0.5, 0.6) is 0 Å². The van der Waals surface area contributed by atoms with Gasteiger partial charge in [-0.2, -0.15) is 13.2 Å². The second kappa shape index (κ2) is 6.99. The Labute approximate surface area is 132 Å². The van der Waals surface area contributed by atoms with Crippen molar-refractivity contribution in [3.8, 4) is 0 Å². The van der Waals surface area contributed by atoms with Crippen molar-refractivity contribution in [2.24, 2.45) is 0 Å². The lowest BCUT2D eigenvalue weighted by molar-refractivity contribution is -0.137. The fourth-order valence-electron chi connectivity index (χ4n) is 1.87. The summed E-state index contributed by atoms with van der Waals surface area (Å²) in [5.74, 6) is -1.07. The van der Waals surface area contributed by atoms with Gasteiger partial charge in [0.2, 0.25) is 5.91 Å². The zero-order valence-corrected chi connectivity index (χ0v) is 13.1. The molecule has 8 heteroatoms. The summed E-state index contributed by atoms with van der Waals surface area (Å²) in [4.78, 5) is 24.9. The van der Waals surface area contributed by atoms with E-state index in [2.05, 4.69) is 5.32 Å². The van der Waals surface area contributed by atoms with E-state index in [1.165, 1.54) is 25.8 Å². The number of rotatable bonds is 5. The third kappa shape index (κ3) is 6.27. The minimum Gasteiger partial charge on any atom is -0.389 e. The van der Waals surface area contributed by atoms with Crippen molar-refractivity contribution >= 4 is 11.8 Å². The highest BCUT2D eigenvalue weighted by molar-refractivity contribution is 5.96. The molecule has 0 atom stereocenters. The van der Waals surface area contributed by atoms with Crippen LogP contribution in [0.15, 0.2) is 24.3 Å². The summed E-state index contributed by atoms with van der Waals surface area (Å²) in [6.45, 7) is 2.85. The van der Waals surface area contributed by atoms with Gasteiger partial charge in [-0.1, -0.05) is 0 Å². The molecule has 0 aliphatic heterocycles. The minimum atomic E-state index is -4.47. The number of likely N-dealkylation sites (N-methyl/N-ethyl adjacent to an activating group) is 1. The van der Waals surface area contributed by atoms with E-state index in [9.17, 15) is 27.9 Å². The van der Waals surface area contributed by atoms with E-state index in [1.54, 1.807) is 0 Å². The van der Waals surface area contributed by atoms with Crippen LogP contribution in [-0.4, -0.2) is 47.6 Å². The Bertz CT molecular complexity index is 563. The molecule has 0 radical (unpaired) electrons. The van der Waals surface area contributed by atoms with Gasteiger partial charge in [-0.15, -0.1) is 0 Å². The van der Waals surface area contributed by atoms with Gasteiger partial charge in [0, 0.05) is 19.2 Å². The van der Waals surface area contributed by atoms with Gasteiger partial charge in [-0.3, -0.25) is 9.59 Å². The normalized spacial score (nSPS) is 12.0. The topological polar surface area (TPSA) is 69.6 Å². The molecule has 0 saturated carbocycles. The van der Waals surface area contributed by atoms with Crippen LogP contribution in [0.2, 0.25) is 0 Å². The molecule has 0 bridgehead atoms. The Morgan fingerprint density at radius 2 is 1.70 bits per heavy atom. The lowest BCUT2D eigenvalue weighted by Gasteiger charge is -2.25. The molecule has 5 nitrogen and oxygen atoms in total. The van der Waals surface area contributed by atoms with Gasteiger partial charge in [0.1, 0.15) is 0 Å². The van der Waals surface area contributed by atoms with Crippen molar-refractivity contribution in [3.63, 3.8) is 0 Å². The lowest BCUT2D eigenvalue weighted by atomic mass is 10.1. The van der Waals surface area contributed by atoms with Crippen LogP contribution in [-0.2, 0) is 11.0 Å². The quantitative estimate of drug-likeness (QED) is 0.862. The first-order valence-corrected chi connectivity index (χ1v) is 6.82. The standard InChI is InChI=1S/C15H19F3N2O3/c1-14(2,23)9-20(3)12(21)8-19-13(22)10-4-6-11(7-5-10)15(16,17)18/h4-7,23H,8-9H2,1-3H3,(H,19,22). The molecule has 0 fully saturated rings. The summed E-state index contributed by atoms with van der Waals surface area (Å²) in [6, 6.07) is 3.70. The SMILES string of the molecule is CN(CC(C)(C)O)C(=O)CNC(=O)c1ccc(C(F)(F)F)cc1. The molecule has 0 saturated heterocycles. The zero-order chi connectivity index (χ0) is 17.8. The van der Waals surface area contributed by atoms with Crippen molar-refractivity contribution in [2.45, 2.75) is 25.6 Å². The molecule has 1 rings (SSSR count). The van der Waals surface area contributed by atoms with Crippen molar-refractivity contribution in [1.82, 2.24) is 10.2 Å². The number of aliphatic hydroxyl groups is 1. The van der Waals surface area contributed by atoms with Gasteiger partial charge >= 0.3 is 6.18 Å². The fraction of sp³-hybridized carbons (Fsp3) is 0.467. The molecule has 0 aliphatic carbocycles. The molecule has 0 spiro atoms. The molecule has 1 aromatic rings. The number of carbonyl (C=O) groups excluding carboxylic acids is 2. The first kappa shape index (κ1) is 19.0. The molecule has 128 valence electrons. The molecular formula is C15H19F3N2O3. The summed E-state index contributed by atoms with van der Waals surface area (Å²) < 4.78 is 37.3. The summed E-state index contributed by atoms with van der Waals surface area (Å²) >= 11 is 0. The number of hydrogen-bond acceptors (Lipinski definition) is 3.